The Morgan fingerprint density at radius 2 is 2.00 bits per heavy atom. The second kappa shape index (κ2) is 6.58. The van der Waals surface area contributed by atoms with Crippen molar-refractivity contribution >= 4 is 15.9 Å². The van der Waals surface area contributed by atoms with Crippen LogP contribution < -0.4 is 4.74 Å². The summed E-state index contributed by atoms with van der Waals surface area (Å²) in [6.45, 7) is 5.89. The largest absolute Gasteiger partial charge is 0.489 e. The summed E-state index contributed by atoms with van der Waals surface area (Å²) in [6, 6.07) is 9.57. The van der Waals surface area contributed by atoms with E-state index in [1.54, 1.807) is 12.4 Å². The molecule has 4 heteroatoms. The van der Waals surface area contributed by atoms with E-state index in [1.807, 2.05) is 51.1 Å². The van der Waals surface area contributed by atoms with Crippen LogP contribution in [0.1, 0.15) is 38.3 Å². The molecule has 0 saturated heterocycles. The quantitative estimate of drug-likeness (QED) is 0.875. The highest BCUT2D eigenvalue weighted by Gasteiger charge is 2.30. The highest BCUT2D eigenvalue weighted by atomic mass is 79.9. The molecule has 1 N–H and O–H groups in total. The Hall–Kier alpha value is -1.39. The summed E-state index contributed by atoms with van der Waals surface area (Å²) >= 11 is 3.45. The Kier molecular flexibility index (Phi) is 5.01. The maximum absolute atomic E-state index is 11.1. The van der Waals surface area contributed by atoms with Crippen LogP contribution in [0, 0.1) is 0 Å². The van der Waals surface area contributed by atoms with Gasteiger partial charge in [-0.05, 0) is 44.0 Å². The number of ether oxygens (including phenoxy) is 1. The first-order valence-corrected chi connectivity index (χ1v) is 7.85. The minimum atomic E-state index is -1.08. The number of pyridine rings is 1. The van der Waals surface area contributed by atoms with Gasteiger partial charge < -0.3 is 9.84 Å². The van der Waals surface area contributed by atoms with Crippen LogP contribution in [0.3, 0.4) is 0 Å². The van der Waals surface area contributed by atoms with E-state index < -0.39 is 5.60 Å². The zero-order chi connectivity index (χ0) is 15.5. The van der Waals surface area contributed by atoms with Gasteiger partial charge in [-0.1, -0.05) is 35.0 Å². The van der Waals surface area contributed by atoms with Crippen molar-refractivity contribution in [2.24, 2.45) is 0 Å². The van der Waals surface area contributed by atoms with Crippen molar-refractivity contribution < 1.29 is 9.84 Å². The fourth-order valence-corrected chi connectivity index (χ4v) is 2.70. The minimum absolute atomic E-state index is 0.0719. The van der Waals surface area contributed by atoms with Gasteiger partial charge in [-0.15, -0.1) is 0 Å². The summed E-state index contributed by atoms with van der Waals surface area (Å²) < 4.78 is 6.61. The number of nitrogens with zero attached hydrogens (tertiary/aromatic N) is 1. The average Bonchev–Trinajstić information content (AvgIpc) is 2.46. The SMILES string of the molecule is CCC(O)(c1cccc(Br)c1)c1cncc(OC(C)C)c1. The smallest absolute Gasteiger partial charge is 0.138 e. The topological polar surface area (TPSA) is 42.4 Å². The van der Waals surface area contributed by atoms with E-state index in [-0.39, 0.29) is 6.10 Å². The lowest BCUT2D eigenvalue weighted by atomic mass is 9.85. The van der Waals surface area contributed by atoms with Crippen LogP contribution in [0.4, 0.5) is 0 Å². The molecule has 21 heavy (non-hydrogen) atoms. The van der Waals surface area contributed by atoms with Crippen LogP contribution >= 0.6 is 15.9 Å². The molecule has 1 aromatic carbocycles. The molecule has 2 rings (SSSR count). The summed E-state index contributed by atoms with van der Waals surface area (Å²) in [4.78, 5) is 4.20. The molecule has 1 aromatic heterocycles. The Morgan fingerprint density at radius 3 is 2.62 bits per heavy atom. The van der Waals surface area contributed by atoms with Crippen molar-refractivity contribution in [2.75, 3.05) is 0 Å². The van der Waals surface area contributed by atoms with Crippen molar-refractivity contribution in [3.05, 3.63) is 58.3 Å². The maximum Gasteiger partial charge on any atom is 0.138 e. The molecule has 0 saturated carbocycles. The monoisotopic (exact) mass is 349 g/mol. The second-order valence-electron chi connectivity index (χ2n) is 5.30. The fourth-order valence-electron chi connectivity index (χ4n) is 2.30. The summed E-state index contributed by atoms with van der Waals surface area (Å²) in [6.07, 6.45) is 3.98. The van der Waals surface area contributed by atoms with Crippen molar-refractivity contribution in [3.63, 3.8) is 0 Å². The average molecular weight is 350 g/mol. The van der Waals surface area contributed by atoms with Crippen molar-refractivity contribution in [2.45, 2.75) is 38.9 Å². The molecular formula is C17H20BrNO2. The van der Waals surface area contributed by atoms with E-state index in [4.69, 9.17) is 4.74 Å². The van der Waals surface area contributed by atoms with E-state index in [2.05, 4.69) is 20.9 Å². The van der Waals surface area contributed by atoms with Crippen LogP contribution in [-0.2, 0) is 5.60 Å². The third-order valence-electron chi connectivity index (χ3n) is 3.38. The maximum atomic E-state index is 11.1. The first-order valence-electron chi connectivity index (χ1n) is 7.06. The van der Waals surface area contributed by atoms with Gasteiger partial charge in [0.1, 0.15) is 11.4 Å². The Balaban J connectivity index is 2.45. The van der Waals surface area contributed by atoms with Crippen LogP contribution in [-0.4, -0.2) is 16.2 Å². The first-order chi connectivity index (χ1) is 9.95. The lowest BCUT2D eigenvalue weighted by molar-refractivity contribution is 0.0756. The number of aliphatic hydroxyl groups is 1. The Morgan fingerprint density at radius 1 is 1.24 bits per heavy atom. The van der Waals surface area contributed by atoms with Gasteiger partial charge in [-0.2, -0.15) is 0 Å². The summed E-state index contributed by atoms with van der Waals surface area (Å²) in [7, 11) is 0. The molecule has 0 fully saturated rings. The van der Waals surface area contributed by atoms with Gasteiger partial charge in [0.25, 0.3) is 0 Å². The second-order valence-corrected chi connectivity index (χ2v) is 6.22. The van der Waals surface area contributed by atoms with E-state index in [9.17, 15) is 5.11 Å². The molecule has 0 aliphatic carbocycles. The number of hydrogen-bond donors (Lipinski definition) is 1. The number of rotatable bonds is 5. The van der Waals surface area contributed by atoms with Crippen LogP contribution in [0.5, 0.6) is 5.75 Å². The van der Waals surface area contributed by atoms with Crippen LogP contribution in [0.25, 0.3) is 0 Å². The lowest BCUT2D eigenvalue weighted by Gasteiger charge is -2.28. The molecule has 0 radical (unpaired) electrons. The highest BCUT2D eigenvalue weighted by Crippen LogP contribution is 2.35. The minimum Gasteiger partial charge on any atom is -0.489 e. The third-order valence-corrected chi connectivity index (χ3v) is 3.87. The van der Waals surface area contributed by atoms with Gasteiger partial charge in [-0.3, -0.25) is 4.98 Å². The zero-order valence-corrected chi connectivity index (χ0v) is 14.1. The normalized spacial score (nSPS) is 14.0. The van der Waals surface area contributed by atoms with Crippen molar-refractivity contribution in [3.8, 4) is 5.75 Å². The number of benzene rings is 1. The molecular weight excluding hydrogens is 330 g/mol. The van der Waals surface area contributed by atoms with Crippen molar-refractivity contribution in [1.82, 2.24) is 4.98 Å². The molecule has 112 valence electrons. The molecule has 0 amide bonds. The Bertz CT molecular complexity index is 615. The highest BCUT2D eigenvalue weighted by molar-refractivity contribution is 9.10. The lowest BCUT2D eigenvalue weighted by Crippen LogP contribution is -2.26. The van der Waals surface area contributed by atoms with Crippen LogP contribution in [0.15, 0.2) is 47.2 Å². The number of hydrogen-bond acceptors (Lipinski definition) is 3. The standard InChI is InChI=1S/C17H20BrNO2/c1-4-17(20,13-6-5-7-15(18)8-13)14-9-16(11-19-10-14)21-12(2)3/h5-12,20H,4H2,1-3H3. The Labute approximate surface area is 134 Å². The summed E-state index contributed by atoms with van der Waals surface area (Å²) in [5.41, 5.74) is 0.497. The van der Waals surface area contributed by atoms with Gasteiger partial charge in [-0.25, -0.2) is 0 Å². The van der Waals surface area contributed by atoms with Crippen LogP contribution in [0.2, 0.25) is 0 Å². The molecule has 1 heterocycles. The number of halogens is 1. The van der Waals surface area contributed by atoms with Gasteiger partial charge in [0.05, 0.1) is 12.3 Å². The summed E-state index contributed by atoms with van der Waals surface area (Å²) in [5, 5.41) is 11.1. The van der Waals surface area contributed by atoms with E-state index in [0.717, 1.165) is 15.6 Å². The molecule has 1 unspecified atom stereocenters. The van der Waals surface area contributed by atoms with Gasteiger partial charge in [0.15, 0.2) is 0 Å². The molecule has 0 aliphatic rings. The van der Waals surface area contributed by atoms with E-state index in [1.165, 1.54) is 0 Å². The molecule has 2 aromatic rings. The van der Waals surface area contributed by atoms with Gasteiger partial charge >= 0.3 is 0 Å². The van der Waals surface area contributed by atoms with E-state index in [0.29, 0.717) is 12.2 Å². The van der Waals surface area contributed by atoms with Gasteiger partial charge in [0, 0.05) is 16.2 Å². The molecule has 0 bridgehead atoms. The van der Waals surface area contributed by atoms with Gasteiger partial charge in [0.2, 0.25) is 0 Å². The first kappa shape index (κ1) is 16.0. The number of aromatic nitrogens is 1. The third kappa shape index (κ3) is 3.63. The predicted octanol–water partition coefficient (Wildman–Crippen LogP) is 4.28. The van der Waals surface area contributed by atoms with Crippen molar-refractivity contribution in [1.29, 1.82) is 0 Å². The zero-order valence-electron chi connectivity index (χ0n) is 12.5. The predicted molar refractivity (Wildman–Crippen MR) is 87.4 cm³/mol. The molecule has 0 spiro atoms. The fraction of sp³-hybridized carbons (Fsp3) is 0.353. The molecule has 3 nitrogen and oxygen atoms in total. The molecule has 1 atom stereocenters. The van der Waals surface area contributed by atoms with E-state index >= 15 is 0 Å². The molecule has 0 aliphatic heterocycles. The summed E-state index contributed by atoms with van der Waals surface area (Å²) in [5.74, 6) is 0.671.